The van der Waals surface area contributed by atoms with Crippen molar-refractivity contribution in [3.05, 3.63) is 148 Å². The summed E-state index contributed by atoms with van der Waals surface area (Å²) in [6.45, 7) is 1.86. The van der Waals surface area contributed by atoms with E-state index in [0.29, 0.717) is 48.3 Å². The van der Waals surface area contributed by atoms with Crippen LogP contribution in [-0.4, -0.2) is 22.1 Å². The predicted octanol–water partition coefficient (Wildman–Crippen LogP) is 5.76. The van der Waals surface area contributed by atoms with Crippen molar-refractivity contribution in [1.82, 2.24) is 4.57 Å². The number of esters is 1. The molecule has 1 atom stereocenters. The Morgan fingerprint density at radius 3 is 2.51 bits per heavy atom. The van der Waals surface area contributed by atoms with E-state index in [0.717, 1.165) is 11.3 Å². The number of ether oxygens (including phenoxy) is 1. The van der Waals surface area contributed by atoms with Gasteiger partial charge in [-0.3, -0.25) is 19.5 Å². The average Bonchev–Trinajstić information content (AvgIpc) is 3.61. The third-order valence-electron chi connectivity index (χ3n) is 6.83. The zero-order chi connectivity index (χ0) is 30.1. The Kier molecular flexibility index (Phi) is 7.62. The molecule has 11 heteroatoms. The van der Waals surface area contributed by atoms with Crippen LogP contribution in [0.4, 0.5) is 5.69 Å². The molecule has 0 fully saturated rings. The zero-order valence-electron chi connectivity index (χ0n) is 22.6. The van der Waals surface area contributed by atoms with Crippen LogP contribution in [0.3, 0.4) is 0 Å². The Morgan fingerprint density at radius 1 is 1.07 bits per heavy atom. The molecule has 6 rings (SSSR count). The predicted molar refractivity (Wildman–Crippen MR) is 163 cm³/mol. The smallest absolute Gasteiger partial charge is 0.338 e. The van der Waals surface area contributed by atoms with Gasteiger partial charge in [-0.25, -0.2) is 9.79 Å². The molecule has 0 bridgehead atoms. The Hall–Kier alpha value is -5.06. The van der Waals surface area contributed by atoms with Gasteiger partial charge in [0.1, 0.15) is 11.5 Å². The number of carbonyl (C=O) groups excluding carboxylic acids is 1. The highest BCUT2D eigenvalue weighted by Gasteiger charge is 2.35. The van der Waals surface area contributed by atoms with Gasteiger partial charge in [0.25, 0.3) is 11.2 Å². The number of nitrogens with zero attached hydrogens (tertiary/aromatic N) is 3. The van der Waals surface area contributed by atoms with Gasteiger partial charge in [0.2, 0.25) is 0 Å². The summed E-state index contributed by atoms with van der Waals surface area (Å²) < 4.78 is 13.2. The number of hydrogen-bond acceptors (Lipinski definition) is 8. The minimum Gasteiger partial charge on any atom is -0.463 e. The van der Waals surface area contributed by atoms with E-state index >= 15 is 0 Å². The number of hydrogen-bond donors (Lipinski definition) is 0. The van der Waals surface area contributed by atoms with Crippen molar-refractivity contribution < 1.29 is 18.9 Å². The van der Waals surface area contributed by atoms with Gasteiger partial charge in [-0.05, 0) is 42.8 Å². The highest BCUT2D eigenvalue weighted by molar-refractivity contribution is 7.07. The summed E-state index contributed by atoms with van der Waals surface area (Å²) in [7, 11) is 0. The van der Waals surface area contributed by atoms with Crippen LogP contribution in [0.15, 0.2) is 111 Å². The van der Waals surface area contributed by atoms with E-state index in [2.05, 4.69) is 0 Å². The highest BCUT2D eigenvalue weighted by atomic mass is 35.5. The molecule has 5 aromatic rings. The Balaban J connectivity index is 1.55. The molecule has 9 nitrogen and oxygen atoms in total. The van der Waals surface area contributed by atoms with E-state index in [4.69, 9.17) is 25.7 Å². The Bertz CT molecular complexity index is 2080. The fraction of sp³-hybridized carbons (Fsp3) is 0.0938. The van der Waals surface area contributed by atoms with Crippen molar-refractivity contribution in [3.8, 4) is 11.3 Å². The second kappa shape index (κ2) is 11.7. The largest absolute Gasteiger partial charge is 0.463 e. The summed E-state index contributed by atoms with van der Waals surface area (Å²) in [5.41, 5.74) is 1.83. The molecule has 43 heavy (non-hydrogen) atoms. The van der Waals surface area contributed by atoms with Gasteiger partial charge >= 0.3 is 5.97 Å². The van der Waals surface area contributed by atoms with Gasteiger partial charge in [-0.2, -0.15) is 0 Å². The maximum Gasteiger partial charge on any atom is 0.338 e. The normalized spacial score (nSPS) is 14.7. The van der Waals surface area contributed by atoms with Crippen LogP contribution in [-0.2, 0) is 9.53 Å². The highest BCUT2D eigenvalue weighted by Crippen LogP contribution is 2.36. The van der Waals surface area contributed by atoms with Crippen LogP contribution in [0.25, 0.3) is 23.1 Å². The standard InChI is InChI=1S/C32H22ClN3O6S/c1-2-41-31(38)27-28(19-8-4-3-5-9-19)34-32-35(29(27)20-12-14-21(33)15-13-20)30(37)26(43-32)18-22-16-17-25(42-22)23-10-6-7-11-24(23)36(39)40/h3-18,29H,2H2,1H3/b26-18-. The third-order valence-corrected chi connectivity index (χ3v) is 8.06. The maximum atomic E-state index is 14.0. The molecule has 0 N–H and O–H groups in total. The first-order valence-corrected chi connectivity index (χ1v) is 14.4. The molecule has 0 aliphatic carbocycles. The van der Waals surface area contributed by atoms with Crippen molar-refractivity contribution in [2.75, 3.05) is 6.61 Å². The van der Waals surface area contributed by atoms with Crippen LogP contribution in [0.2, 0.25) is 5.02 Å². The fourth-order valence-electron chi connectivity index (χ4n) is 4.95. The van der Waals surface area contributed by atoms with E-state index in [9.17, 15) is 19.7 Å². The molecular weight excluding hydrogens is 590 g/mol. The second-order valence-corrected chi connectivity index (χ2v) is 10.9. The summed E-state index contributed by atoms with van der Waals surface area (Å²) in [6, 6.07) is 24.9. The Labute approximate surface area is 253 Å². The number of halogens is 1. The van der Waals surface area contributed by atoms with Crippen LogP contribution in [0, 0.1) is 10.1 Å². The zero-order valence-corrected chi connectivity index (χ0v) is 24.2. The minimum absolute atomic E-state index is 0.0920. The van der Waals surface area contributed by atoms with Gasteiger partial charge < -0.3 is 9.15 Å². The van der Waals surface area contributed by atoms with Crippen molar-refractivity contribution in [1.29, 1.82) is 0 Å². The number of benzene rings is 3. The number of thiazole rings is 1. The molecule has 1 aliphatic rings. The second-order valence-electron chi connectivity index (χ2n) is 9.46. The summed E-state index contributed by atoms with van der Waals surface area (Å²) >= 11 is 7.33. The van der Waals surface area contributed by atoms with Crippen molar-refractivity contribution in [3.63, 3.8) is 0 Å². The molecule has 0 saturated heterocycles. The number of fused-ring (bicyclic) bond motifs is 1. The Morgan fingerprint density at radius 2 is 1.79 bits per heavy atom. The molecule has 0 saturated carbocycles. The van der Waals surface area contributed by atoms with E-state index in [1.165, 1.54) is 10.6 Å². The molecule has 1 aliphatic heterocycles. The van der Waals surface area contributed by atoms with Gasteiger partial charge in [-0.15, -0.1) is 0 Å². The average molecular weight is 612 g/mol. The molecule has 2 aromatic heterocycles. The topological polar surface area (TPSA) is 117 Å². The SMILES string of the molecule is CCOC(=O)C1=C(c2ccccc2)N=c2s/c(=C\c3ccc(-c4ccccc4[N+](=O)[O-])o3)c(=O)n2C1c1ccc(Cl)cc1. The molecule has 3 heterocycles. The summed E-state index contributed by atoms with van der Waals surface area (Å²) in [6.07, 6.45) is 1.57. The first-order valence-electron chi connectivity index (χ1n) is 13.2. The number of rotatable bonds is 7. The van der Waals surface area contributed by atoms with E-state index in [-0.39, 0.29) is 23.4 Å². The molecule has 0 radical (unpaired) electrons. The number of nitro groups is 1. The van der Waals surface area contributed by atoms with Crippen LogP contribution >= 0.6 is 22.9 Å². The van der Waals surface area contributed by atoms with Gasteiger partial charge in [0, 0.05) is 22.7 Å². The summed E-state index contributed by atoms with van der Waals surface area (Å²) in [5.74, 6) is 0.0372. The number of furan rings is 1. The fourth-order valence-corrected chi connectivity index (χ4v) is 6.05. The monoisotopic (exact) mass is 611 g/mol. The number of nitro benzene ring substituents is 1. The number of para-hydroxylation sites is 1. The summed E-state index contributed by atoms with van der Waals surface area (Å²) in [5, 5.41) is 12.0. The lowest BCUT2D eigenvalue weighted by Gasteiger charge is -2.25. The third kappa shape index (κ3) is 5.33. The molecule has 1 unspecified atom stereocenters. The quantitative estimate of drug-likeness (QED) is 0.131. The maximum absolute atomic E-state index is 14.0. The molecule has 0 spiro atoms. The van der Waals surface area contributed by atoms with Gasteiger partial charge in [-0.1, -0.05) is 77.5 Å². The molecule has 3 aromatic carbocycles. The molecule has 0 amide bonds. The lowest BCUT2D eigenvalue weighted by molar-refractivity contribution is -0.384. The summed E-state index contributed by atoms with van der Waals surface area (Å²) in [4.78, 5) is 43.8. The lowest BCUT2D eigenvalue weighted by Crippen LogP contribution is -2.39. The lowest BCUT2D eigenvalue weighted by atomic mass is 9.93. The first kappa shape index (κ1) is 28.1. The molecular formula is C32H22ClN3O6S. The van der Waals surface area contributed by atoms with Crippen LogP contribution < -0.4 is 14.9 Å². The minimum atomic E-state index is -0.843. The van der Waals surface area contributed by atoms with E-state index in [1.807, 2.05) is 30.3 Å². The van der Waals surface area contributed by atoms with E-state index < -0.39 is 16.9 Å². The first-order chi connectivity index (χ1) is 20.9. The van der Waals surface area contributed by atoms with Crippen molar-refractivity contribution in [2.24, 2.45) is 4.99 Å². The number of carbonyl (C=O) groups is 1. The van der Waals surface area contributed by atoms with E-state index in [1.54, 1.807) is 67.6 Å². The number of aromatic nitrogens is 1. The van der Waals surface area contributed by atoms with Crippen molar-refractivity contribution in [2.45, 2.75) is 13.0 Å². The van der Waals surface area contributed by atoms with Gasteiger partial charge in [0.05, 0.1) is 38.9 Å². The van der Waals surface area contributed by atoms with Crippen LogP contribution in [0.5, 0.6) is 0 Å². The van der Waals surface area contributed by atoms with Crippen molar-refractivity contribution >= 4 is 46.4 Å². The van der Waals surface area contributed by atoms with Gasteiger partial charge in [0.15, 0.2) is 4.80 Å². The molecule has 214 valence electrons. The van der Waals surface area contributed by atoms with Crippen LogP contribution in [0.1, 0.15) is 29.9 Å².